The van der Waals surface area contributed by atoms with E-state index in [9.17, 15) is 9.90 Å². The molecule has 1 aliphatic rings. The van der Waals surface area contributed by atoms with Crippen LogP contribution in [0.25, 0.3) is 11.0 Å². The number of piperidine rings is 1. The molecule has 1 fully saturated rings. The first-order valence-electron chi connectivity index (χ1n) is 8.98. The highest BCUT2D eigenvalue weighted by atomic mass is 16.5. The number of amides is 1. The first kappa shape index (κ1) is 18.5. The normalized spacial score (nSPS) is 16.7. The SMILES string of the molecule is COc1nc2ccccc2nc1CCC(=O)N1CCC(C(O)CO)CC1. The third-order valence-corrected chi connectivity index (χ3v) is 5.00. The monoisotopic (exact) mass is 359 g/mol. The van der Waals surface area contributed by atoms with Gasteiger partial charge in [-0.3, -0.25) is 4.79 Å². The van der Waals surface area contributed by atoms with Crippen molar-refractivity contribution in [3.63, 3.8) is 0 Å². The Kier molecular flexibility index (Phi) is 6.00. The summed E-state index contributed by atoms with van der Waals surface area (Å²) in [6.07, 6.45) is 1.55. The molecule has 0 bridgehead atoms. The van der Waals surface area contributed by atoms with E-state index in [0.29, 0.717) is 50.3 Å². The summed E-state index contributed by atoms with van der Waals surface area (Å²) in [6.45, 7) is 1.00. The number of fused-ring (bicyclic) bond motifs is 1. The Balaban J connectivity index is 1.60. The maximum Gasteiger partial charge on any atom is 0.235 e. The number of hydrogen-bond acceptors (Lipinski definition) is 6. The van der Waals surface area contributed by atoms with Crippen LogP contribution in [-0.2, 0) is 11.2 Å². The molecule has 1 aliphatic heterocycles. The molecule has 2 heterocycles. The zero-order valence-electron chi connectivity index (χ0n) is 15.0. The lowest BCUT2D eigenvalue weighted by Gasteiger charge is -2.33. The molecule has 1 amide bonds. The summed E-state index contributed by atoms with van der Waals surface area (Å²) in [5, 5.41) is 18.8. The number of carbonyl (C=O) groups excluding carboxylic acids is 1. The Morgan fingerprint density at radius 2 is 1.92 bits per heavy atom. The number of aliphatic hydroxyl groups is 2. The van der Waals surface area contributed by atoms with Crippen LogP contribution in [0.3, 0.4) is 0 Å². The van der Waals surface area contributed by atoms with E-state index in [0.717, 1.165) is 11.0 Å². The van der Waals surface area contributed by atoms with Crippen molar-refractivity contribution in [2.24, 2.45) is 5.92 Å². The molecule has 3 rings (SSSR count). The van der Waals surface area contributed by atoms with Gasteiger partial charge < -0.3 is 19.8 Å². The molecular formula is C19H25N3O4. The minimum Gasteiger partial charge on any atom is -0.480 e. The van der Waals surface area contributed by atoms with Gasteiger partial charge in [0.05, 0.1) is 30.9 Å². The predicted octanol–water partition coefficient (Wildman–Crippen LogP) is 1.16. The summed E-state index contributed by atoms with van der Waals surface area (Å²) in [4.78, 5) is 23.4. The Hall–Kier alpha value is -2.25. The second kappa shape index (κ2) is 8.42. The summed E-state index contributed by atoms with van der Waals surface area (Å²) in [5.41, 5.74) is 2.24. The fourth-order valence-electron chi connectivity index (χ4n) is 3.41. The molecule has 0 saturated carbocycles. The number of aromatic nitrogens is 2. The number of benzene rings is 1. The van der Waals surface area contributed by atoms with E-state index in [1.807, 2.05) is 29.2 Å². The van der Waals surface area contributed by atoms with E-state index in [2.05, 4.69) is 9.97 Å². The average Bonchev–Trinajstić information content (AvgIpc) is 2.70. The van der Waals surface area contributed by atoms with Crippen LogP contribution in [0.15, 0.2) is 24.3 Å². The van der Waals surface area contributed by atoms with Gasteiger partial charge in [-0.1, -0.05) is 12.1 Å². The lowest BCUT2D eigenvalue weighted by Crippen LogP contribution is -2.42. The number of aliphatic hydroxyl groups excluding tert-OH is 2. The summed E-state index contributed by atoms with van der Waals surface area (Å²) in [5.74, 6) is 0.593. The highest BCUT2D eigenvalue weighted by molar-refractivity contribution is 5.77. The van der Waals surface area contributed by atoms with Gasteiger partial charge in [-0.2, -0.15) is 0 Å². The fourth-order valence-corrected chi connectivity index (χ4v) is 3.41. The zero-order valence-corrected chi connectivity index (χ0v) is 15.0. The lowest BCUT2D eigenvalue weighted by molar-refractivity contribution is -0.133. The molecule has 140 valence electrons. The van der Waals surface area contributed by atoms with E-state index in [4.69, 9.17) is 9.84 Å². The molecule has 1 aromatic heterocycles. The van der Waals surface area contributed by atoms with Crippen LogP contribution in [0.5, 0.6) is 5.88 Å². The molecule has 7 heteroatoms. The van der Waals surface area contributed by atoms with E-state index in [1.165, 1.54) is 0 Å². The molecule has 1 aromatic carbocycles. The van der Waals surface area contributed by atoms with Gasteiger partial charge in [-0.05, 0) is 30.9 Å². The quantitative estimate of drug-likeness (QED) is 0.804. The average molecular weight is 359 g/mol. The van der Waals surface area contributed by atoms with Gasteiger partial charge in [0.2, 0.25) is 11.8 Å². The zero-order chi connectivity index (χ0) is 18.5. The number of aryl methyl sites for hydroxylation is 1. The number of rotatable bonds is 6. The van der Waals surface area contributed by atoms with Crippen LogP contribution in [0.2, 0.25) is 0 Å². The van der Waals surface area contributed by atoms with Crippen LogP contribution in [0.1, 0.15) is 25.0 Å². The number of likely N-dealkylation sites (tertiary alicyclic amines) is 1. The molecule has 26 heavy (non-hydrogen) atoms. The molecule has 1 unspecified atom stereocenters. The van der Waals surface area contributed by atoms with Gasteiger partial charge in [-0.15, -0.1) is 0 Å². The maximum absolute atomic E-state index is 12.5. The van der Waals surface area contributed by atoms with E-state index >= 15 is 0 Å². The third kappa shape index (κ3) is 4.11. The number of hydrogen-bond donors (Lipinski definition) is 2. The van der Waals surface area contributed by atoms with Crippen molar-refractivity contribution in [1.82, 2.24) is 14.9 Å². The summed E-state index contributed by atoms with van der Waals surface area (Å²) in [7, 11) is 1.56. The fraction of sp³-hybridized carbons (Fsp3) is 0.526. The third-order valence-electron chi connectivity index (χ3n) is 5.00. The molecule has 7 nitrogen and oxygen atoms in total. The standard InChI is InChI=1S/C19H25N3O4/c1-26-19-16(20-14-4-2-3-5-15(14)21-19)6-7-18(25)22-10-8-13(9-11-22)17(24)12-23/h2-5,13,17,23-24H,6-12H2,1H3. The van der Waals surface area contributed by atoms with Crippen LogP contribution in [0.4, 0.5) is 0 Å². The molecule has 2 N–H and O–H groups in total. The van der Waals surface area contributed by atoms with Crippen molar-refractivity contribution in [1.29, 1.82) is 0 Å². The first-order valence-corrected chi connectivity index (χ1v) is 8.98. The summed E-state index contributed by atoms with van der Waals surface area (Å²) in [6, 6.07) is 7.58. The second-order valence-electron chi connectivity index (χ2n) is 6.64. The Morgan fingerprint density at radius 3 is 2.54 bits per heavy atom. The molecule has 0 spiro atoms. The lowest BCUT2D eigenvalue weighted by atomic mass is 9.91. The first-order chi connectivity index (χ1) is 12.6. The largest absolute Gasteiger partial charge is 0.480 e. The Labute approximate surface area is 152 Å². The molecule has 2 aromatic rings. The molecule has 1 atom stereocenters. The van der Waals surface area contributed by atoms with Gasteiger partial charge in [0.25, 0.3) is 0 Å². The van der Waals surface area contributed by atoms with Gasteiger partial charge in [-0.25, -0.2) is 9.97 Å². The Morgan fingerprint density at radius 1 is 1.27 bits per heavy atom. The van der Waals surface area contributed by atoms with Crippen LogP contribution >= 0.6 is 0 Å². The molecule has 0 radical (unpaired) electrons. The van der Waals surface area contributed by atoms with Crippen LogP contribution in [0, 0.1) is 5.92 Å². The number of para-hydroxylation sites is 2. The minimum absolute atomic E-state index is 0.0653. The predicted molar refractivity (Wildman–Crippen MR) is 96.8 cm³/mol. The number of carbonyl (C=O) groups is 1. The van der Waals surface area contributed by atoms with Crippen molar-refractivity contribution in [2.75, 3.05) is 26.8 Å². The van der Waals surface area contributed by atoms with Crippen molar-refractivity contribution < 1.29 is 19.7 Å². The van der Waals surface area contributed by atoms with Crippen molar-refractivity contribution in [3.05, 3.63) is 30.0 Å². The van der Waals surface area contributed by atoms with Gasteiger partial charge >= 0.3 is 0 Å². The molecule has 0 aliphatic carbocycles. The van der Waals surface area contributed by atoms with Gasteiger partial charge in [0.15, 0.2) is 0 Å². The number of nitrogens with zero attached hydrogens (tertiary/aromatic N) is 3. The molecular weight excluding hydrogens is 334 g/mol. The van der Waals surface area contributed by atoms with Crippen molar-refractivity contribution in [2.45, 2.75) is 31.8 Å². The maximum atomic E-state index is 12.5. The van der Waals surface area contributed by atoms with Crippen molar-refractivity contribution in [3.8, 4) is 5.88 Å². The molecule has 1 saturated heterocycles. The van der Waals surface area contributed by atoms with Crippen LogP contribution in [-0.4, -0.2) is 63.9 Å². The minimum atomic E-state index is -0.690. The highest BCUT2D eigenvalue weighted by Gasteiger charge is 2.27. The highest BCUT2D eigenvalue weighted by Crippen LogP contribution is 2.23. The van der Waals surface area contributed by atoms with Gasteiger partial charge in [0.1, 0.15) is 5.69 Å². The summed E-state index contributed by atoms with van der Waals surface area (Å²) >= 11 is 0. The van der Waals surface area contributed by atoms with E-state index < -0.39 is 6.10 Å². The van der Waals surface area contributed by atoms with E-state index in [-0.39, 0.29) is 18.4 Å². The van der Waals surface area contributed by atoms with E-state index in [1.54, 1.807) is 7.11 Å². The topological polar surface area (TPSA) is 95.8 Å². The van der Waals surface area contributed by atoms with Crippen LogP contribution < -0.4 is 4.74 Å². The second-order valence-corrected chi connectivity index (χ2v) is 6.64. The van der Waals surface area contributed by atoms with Crippen molar-refractivity contribution >= 4 is 16.9 Å². The smallest absolute Gasteiger partial charge is 0.235 e. The van der Waals surface area contributed by atoms with Gasteiger partial charge in [0, 0.05) is 25.9 Å². The number of methoxy groups -OCH3 is 1. The number of ether oxygens (including phenoxy) is 1. The Bertz CT molecular complexity index is 760. The summed E-state index contributed by atoms with van der Waals surface area (Å²) < 4.78 is 5.33.